The van der Waals surface area contributed by atoms with E-state index in [1.54, 1.807) is 0 Å². The molecule has 0 fully saturated rings. The Labute approximate surface area is 156 Å². The van der Waals surface area contributed by atoms with Gasteiger partial charge in [-0.05, 0) is 64.7 Å². The summed E-state index contributed by atoms with van der Waals surface area (Å²) < 4.78 is 20.1. The quantitative estimate of drug-likeness (QED) is 0.155. The second-order valence-corrected chi connectivity index (χ2v) is 12.5. The largest absolute Gasteiger partial charge is 0.500 e. The summed E-state index contributed by atoms with van der Waals surface area (Å²) in [6, 6.07) is 2.02. The van der Waals surface area contributed by atoms with Crippen LogP contribution in [-0.4, -0.2) is 50.8 Å². The van der Waals surface area contributed by atoms with Gasteiger partial charge in [-0.1, -0.05) is 10.8 Å². The zero-order valence-electron chi connectivity index (χ0n) is 15.8. The first-order chi connectivity index (χ1) is 10.9. The van der Waals surface area contributed by atoms with E-state index in [1.165, 1.54) is 0 Å². The van der Waals surface area contributed by atoms with Gasteiger partial charge >= 0.3 is 8.80 Å². The maximum absolute atomic E-state index is 5.88. The second-order valence-electron chi connectivity index (χ2n) is 5.60. The number of hydrogen-bond donors (Lipinski definition) is 0. The van der Waals surface area contributed by atoms with Gasteiger partial charge in [-0.25, -0.2) is 4.31 Å². The number of rotatable bonds is 15. The van der Waals surface area contributed by atoms with Crippen LogP contribution in [0.25, 0.3) is 0 Å². The maximum atomic E-state index is 5.88. The van der Waals surface area contributed by atoms with Gasteiger partial charge in [0.15, 0.2) is 0 Å². The predicted molar refractivity (Wildman–Crippen MR) is 110 cm³/mol. The molecular formula is C15H35NO3S3Si. The van der Waals surface area contributed by atoms with E-state index >= 15 is 0 Å². The highest BCUT2D eigenvalue weighted by Crippen LogP contribution is 2.40. The van der Waals surface area contributed by atoms with Crippen molar-refractivity contribution in [2.75, 3.05) is 25.6 Å². The summed E-state index contributed by atoms with van der Waals surface area (Å²) in [4.78, 5) is 0. The van der Waals surface area contributed by atoms with Gasteiger partial charge in [0.25, 0.3) is 0 Å². The Morgan fingerprint density at radius 3 is 1.74 bits per heavy atom. The van der Waals surface area contributed by atoms with Crippen molar-refractivity contribution < 1.29 is 13.3 Å². The summed E-state index contributed by atoms with van der Waals surface area (Å²) in [5.74, 6) is 1.09. The lowest BCUT2D eigenvalue weighted by atomic mass is 10.3. The minimum Gasteiger partial charge on any atom is -0.374 e. The van der Waals surface area contributed by atoms with E-state index in [0.717, 1.165) is 18.2 Å². The lowest BCUT2D eigenvalue weighted by Crippen LogP contribution is -2.46. The second kappa shape index (κ2) is 14.3. The molecule has 0 aliphatic rings. The molecule has 8 heteroatoms. The highest BCUT2D eigenvalue weighted by atomic mass is 33.5. The first-order valence-electron chi connectivity index (χ1n) is 8.58. The first-order valence-corrected chi connectivity index (χ1v) is 14.1. The van der Waals surface area contributed by atoms with Crippen molar-refractivity contribution in [2.45, 2.75) is 73.0 Å². The zero-order chi connectivity index (χ0) is 17.7. The zero-order valence-corrected chi connectivity index (χ0v) is 19.2. The Kier molecular flexibility index (Phi) is 15.0. The molecule has 0 amide bonds. The summed E-state index contributed by atoms with van der Waals surface area (Å²) in [6.45, 7) is 16.9. The molecule has 0 heterocycles. The van der Waals surface area contributed by atoms with Gasteiger partial charge in [-0.2, -0.15) is 0 Å². The van der Waals surface area contributed by atoms with Crippen LogP contribution < -0.4 is 0 Å². The Morgan fingerprint density at radius 2 is 1.35 bits per heavy atom. The summed E-state index contributed by atoms with van der Waals surface area (Å²) in [7, 11) is 3.17. The molecule has 23 heavy (non-hydrogen) atoms. The third-order valence-electron chi connectivity index (χ3n) is 2.99. The molecule has 0 rings (SSSR count). The molecule has 0 aromatic rings. The van der Waals surface area contributed by atoms with Crippen LogP contribution in [-0.2, 0) is 13.3 Å². The van der Waals surface area contributed by atoms with Crippen molar-refractivity contribution in [2.24, 2.45) is 0 Å². The van der Waals surface area contributed by atoms with Gasteiger partial charge < -0.3 is 13.3 Å². The van der Waals surface area contributed by atoms with Crippen molar-refractivity contribution in [3.05, 3.63) is 0 Å². The highest BCUT2D eigenvalue weighted by Gasteiger charge is 2.39. The minimum absolute atomic E-state index is 0.557. The Balaban J connectivity index is 4.10. The Hall–Kier alpha value is 1.11. The number of hydrogen-bond acceptors (Lipinski definition) is 7. The third kappa shape index (κ3) is 10.6. The van der Waals surface area contributed by atoms with Gasteiger partial charge in [0.1, 0.15) is 0 Å². The van der Waals surface area contributed by atoms with Crippen LogP contribution in [0.15, 0.2) is 0 Å². The molecule has 0 atom stereocenters. The van der Waals surface area contributed by atoms with E-state index in [9.17, 15) is 0 Å². The lowest BCUT2D eigenvalue weighted by Gasteiger charge is -2.28. The smallest absolute Gasteiger partial charge is 0.374 e. The molecule has 0 aliphatic carbocycles. The van der Waals surface area contributed by atoms with Gasteiger partial charge in [0.05, 0.1) is 0 Å². The van der Waals surface area contributed by atoms with E-state index in [1.807, 2.05) is 52.4 Å². The van der Waals surface area contributed by atoms with Crippen molar-refractivity contribution in [1.29, 1.82) is 0 Å². The molecule has 0 saturated carbocycles. The molecule has 0 bridgehead atoms. The molecule has 0 saturated heterocycles. The maximum Gasteiger partial charge on any atom is 0.500 e. The van der Waals surface area contributed by atoms with E-state index in [2.05, 4.69) is 32.0 Å². The van der Waals surface area contributed by atoms with E-state index in [0.29, 0.717) is 31.9 Å². The van der Waals surface area contributed by atoms with Gasteiger partial charge in [-0.15, -0.1) is 0 Å². The average Bonchev–Trinajstić information content (AvgIpc) is 2.46. The minimum atomic E-state index is -2.45. The van der Waals surface area contributed by atoms with Crippen LogP contribution in [0.1, 0.15) is 54.9 Å². The van der Waals surface area contributed by atoms with E-state index in [4.69, 9.17) is 13.3 Å². The highest BCUT2D eigenvalue weighted by molar-refractivity contribution is 9.09. The topological polar surface area (TPSA) is 30.9 Å². The first kappa shape index (κ1) is 24.1. The Morgan fingerprint density at radius 1 is 0.870 bits per heavy atom. The van der Waals surface area contributed by atoms with Crippen LogP contribution >= 0.6 is 31.6 Å². The molecule has 4 nitrogen and oxygen atoms in total. The standard InChI is InChI=1S/C15H35NO3S3Si/c1-8-17-23(18-9-2,19-10-3)13-11-12-20-22-21-16(14(4)5)15(6)7/h14-15H,8-13H2,1-7H3. The fourth-order valence-electron chi connectivity index (χ4n) is 2.21. The fraction of sp³-hybridized carbons (Fsp3) is 1.00. The third-order valence-corrected chi connectivity index (χ3v) is 10.7. The molecule has 0 unspecified atom stereocenters. The van der Waals surface area contributed by atoms with E-state index < -0.39 is 8.80 Å². The van der Waals surface area contributed by atoms with Crippen LogP contribution in [0.5, 0.6) is 0 Å². The summed E-state index contributed by atoms with van der Waals surface area (Å²) >= 11 is 0. The molecule has 0 aromatic carbocycles. The van der Waals surface area contributed by atoms with Crippen LogP contribution in [0.2, 0.25) is 6.04 Å². The average molecular weight is 402 g/mol. The normalized spacial score (nSPS) is 12.8. The monoisotopic (exact) mass is 401 g/mol. The van der Waals surface area contributed by atoms with Crippen molar-refractivity contribution >= 4 is 40.4 Å². The van der Waals surface area contributed by atoms with Crippen LogP contribution in [0, 0.1) is 0 Å². The summed E-state index contributed by atoms with van der Waals surface area (Å²) in [5, 5.41) is 0. The fourth-order valence-corrected chi connectivity index (χ4v) is 9.43. The van der Waals surface area contributed by atoms with Crippen LogP contribution in [0.4, 0.5) is 0 Å². The molecular weight excluding hydrogens is 366 g/mol. The molecule has 0 aromatic heterocycles. The van der Waals surface area contributed by atoms with Gasteiger partial charge in [-0.3, -0.25) is 0 Å². The molecule has 140 valence electrons. The molecule has 0 spiro atoms. The van der Waals surface area contributed by atoms with Gasteiger partial charge in [0.2, 0.25) is 0 Å². The van der Waals surface area contributed by atoms with Crippen molar-refractivity contribution in [3.63, 3.8) is 0 Å². The van der Waals surface area contributed by atoms with Crippen LogP contribution in [0.3, 0.4) is 0 Å². The van der Waals surface area contributed by atoms with Crippen molar-refractivity contribution in [3.8, 4) is 0 Å². The predicted octanol–water partition coefficient (Wildman–Crippen LogP) is 5.49. The molecule has 0 aliphatic heterocycles. The Bertz CT molecular complexity index is 262. The number of nitrogens with zero attached hydrogens (tertiary/aromatic N) is 1. The summed E-state index contributed by atoms with van der Waals surface area (Å²) in [6.07, 6.45) is 1.06. The van der Waals surface area contributed by atoms with Gasteiger partial charge in [0, 0.05) is 54.7 Å². The lowest BCUT2D eigenvalue weighted by molar-refractivity contribution is 0.0712. The SMILES string of the molecule is CCO[Si](CCCSSSN(C(C)C)C(C)C)(OCC)OCC. The molecule has 0 N–H and O–H groups in total. The summed E-state index contributed by atoms with van der Waals surface area (Å²) in [5.41, 5.74) is 0. The van der Waals surface area contributed by atoms with E-state index in [-0.39, 0.29) is 0 Å². The molecule has 0 radical (unpaired) electrons. The van der Waals surface area contributed by atoms with Crippen molar-refractivity contribution in [1.82, 2.24) is 4.31 Å².